The summed E-state index contributed by atoms with van der Waals surface area (Å²) >= 11 is 0. The van der Waals surface area contributed by atoms with Gasteiger partial charge in [-0.1, -0.05) is 5.16 Å². The summed E-state index contributed by atoms with van der Waals surface area (Å²) in [5.41, 5.74) is 0.488. The molecule has 2 aromatic heterocycles. The number of ether oxygens (including phenoxy) is 2. The van der Waals surface area contributed by atoms with Crippen molar-refractivity contribution in [2.24, 2.45) is 0 Å². The van der Waals surface area contributed by atoms with E-state index in [1.54, 1.807) is 30.3 Å². The Balaban J connectivity index is 1.72. The Labute approximate surface area is 125 Å². The Bertz CT molecular complexity index is 803. The van der Waals surface area contributed by atoms with Crippen molar-refractivity contribution in [1.82, 2.24) is 10.1 Å². The molecule has 7 heteroatoms. The van der Waals surface area contributed by atoms with E-state index in [-0.39, 0.29) is 6.61 Å². The topological polar surface area (TPSA) is 94.3 Å². The van der Waals surface area contributed by atoms with Gasteiger partial charge in [0.1, 0.15) is 0 Å². The summed E-state index contributed by atoms with van der Waals surface area (Å²) in [5, 5.41) is 12.7. The Kier molecular flexibility index (Phi) is 3.74. The summed E-state index contributed by atoms with van der Waals surface area (Å²) in [5.74, 6) is 2.13. The lowest BCUT2D eigenvalue weighted by Crippen LogP contribution is -1.98. The molecular formula is C15H11N3O4. The average molecular weight is 297 g/mol. The van der Waals surface area contributed by atoms with Gasteiger partial charge in [-0.2, -0.15) is 10.2 Å². The van der Waals surface area contributed by atoms with Crippen LogP contribution in [0.1, 0.15) is 11.5 Å². The maximum atomic E-state index is 8.86. The predicted octanol–water partition coefficient (Wildman–Crippen LogP) is 2.79. The smallest absolute Gasteiger partial charge is 0.264 e. The molecule has 110 valence electrons. The lowest BCUT2D eigenvalue weighted by molar-refractivity contribution is 0.233. The van der Waals surface area contributed by atoms with E-state index in [2.05, 4.69) is 10.1 Å². The van der Waals surface area contributed by atoms with E-state index >= 15 is 0 Å². The molecule has 2 heterocycles. The molecule has 0 aliphatic rings. The molecule has 1 aromatic carbocycles. The number of benzene rings is 1. The number of rotatable bonds is 5. The molecule has 0 atom stereocenters. The van der Waals surface area contributed by atoms with Crippen LogP contribution in [-0.2, 0) is 6.61 Å². The van der Waals surface area contributed by atoms with Crippen LogP contribution < -0.4 is 9.47 Å². The molecule has 0 fully saturated rings. The number of nitrogens with zero attached hydrogens (tertiary/aromatic N) is 3. The van der Waals surface area contributed by atoms with Crippen molar-refractivity contribution < 1.29 is 18.4 Å². The first-order valence-electron chi connectivity index (χ1n) is 6.37. The molecule has 0 saturated heterocycles. The van der Waals surface area contributed by atoms with E-state index < -0.39 is 0 Å². The summed E-state index contributed by atoms with van der Waals surface area (Å²) in [7, 11) is 1.51. The maximum absolute atomic E-state index is 8.86. The molecular weight excluding hydrogens is 286 g/mol. The van der Waals surface area contributed by atoms with E-state index in [0.717, 1.165) is 0 Å². The quantitative estimate of drug-likeness (QED) is 0.714. The fraction of sp³-hybridized carbons (Fsp3) is 0.133. The second kappa shape index (κ2) is 6.01. The third-order valence-corrected chi connectivity index (χ3v) is 2.85. The number of nitriles is 1. The van der Waals surface area contributed by atoms with Crippen LogP contribution in [0.4, 0.5) is 0 Å². The monoisotopic (exact) mass is 297 g/mol. The van der Waals surface area contributed by atoms with Crippen LogP contribution in [0, 0.1) is 11.3 Å². The normalized spacial score (nSPS) is 10.2. The number of methoxy groups -OCH3 is 1. The fourth-order valence-corrected chi connectivity index (χ4v) is 1.82. The first-order chi connectivity index (χ1) is 10.8. The Morgan fingerprint density at radius 3 is 2.91 bits per heavy atom. The number of hydrogen-bond acceptors (Lipinski definition) is 7. The van der Waals surface area contributed by atoms with Crippen LogP contribution in [0.15, 0.2) is 45.5 Å². The van der Waals surface area contributed by atoms with Gasteiger partial charge >= 0.3 is 0 Å². The highest BCUT2D eigenvalue weighted by molar-refractivity contribution is 5.47. The molecule has 3 aromatic rings. The molecule has 0 saturated carbocycles. The van der Waals surface area contributed by atoms with Crippen molar-refractivity contribution in [2.45, 2.75) is 6.61 Å². The van der Waals surface area contributed by atoms with Crippen molar-refractivity contribution in [3.8, 4) is 29.2 Å². The third kappa shape index (κ3) is 2.76. The molecule has 0 spiro atoms. The number of hydrogen-bond donors (Lipinski definition) is 0. The highest BCUT2D eigenvalue weighted by Gasteiger charge is 2.12. The van der Waals surface area contributed by atoms with Crippen molar-refractivity contribution in [1.29, 1.82) is 5.26 Å². The van der Waals surface area contributed by atoms with Crippen molar-refractivity contribution in [2.75, 3.05) is 7.11 Å². The minimum absolute atomic E-state index is 0.0793. The zero-order valence-corrected chi connectivity index (χ0v) is 11.6. The van der Waals surface area contributed by atoms with Gasteiger partial charge in [-0.3, -0.25) is 0 Å². The van der Waals surface area contributed by atoms with Crippen LogP contribution in [0.25, 0.3) is 11.6 Å². The Hall–Kier alpha value is -3.27. The zero-order chi connectivity index (χ0) is 15.4. The first-order valence-corrected chi connectivity index (χ1v) is 6.37. The Morgan fingerprint density at radius 1 is 1.27 bits per heavy atom. The van der Waals surface area contributed by atoms with Crippen LogP contribution in [-0.4, -0.2) is 17.3 Å². The fourth-order valence-electron chi connectivity index (χ4n) is 1.82. The SMILES string of the molecule is COc1cc(C#N)ccc1OCc1nc(-c2ccco2)no1. The van der Waals surface area contributed by atoms with E-state index in [9.17, 15) is 0 Å². The minimum atomic E-state index is 0.0793. The summed E-state index contributed by atoms with van der Waals surface area (Å²) in [6.07, 6.45) is 1.53. The molecule has 7 nitrogen and oxygen atoms in total. The van der Waals surface area contributed by atoms with Gasteiger partial charge in [0.25, 0.3) is 5.89 Å². The number of furan rings is 1. The molecule has 0 N–H and O–H groups in total. The van der Waals surface area contributed by atoms with E-state index in [0.29, 0.717) is 34.5 Å². The van der Waals surface area contributed by atoms with E-state index in [1.807, 2.05) is 6.07 Å². The summed E-state index contributed by atoms with van der Waals surface area (Å²) in [6.45, 7) is 0.0793. The molecule has 3 rings (SSSR count). The molecule has 0 unspecified atom stereocenters. The standard InChI is InChI=1S/C15H11N3O4/c1-19-13-7-10(8-16)4-5-11(13)21-9-14-17-15(18-22-14)12-3-2-6-20-12/h2-7H,9H2,1H3. The lowest BCUT2D eigenvalue weighted by Gasteiger charge is -2.08. The van der Waals surface area contributed by atoms with Gasteiger partial charge in [0.15, 0.2) is 23.9 Å². The van der Waals surface area contributed by atoms with Crippen molar-refractivity contribution in [3.63, 3.8) is 0 Å². The minimum Gasteiger partial charge on any atom is -0.493 e. The third-order valence-electron chi connectivity index (χ3n) is 2.85. The van der Waals surface area contributed by atoms with Gasteiger partial charge in [0.05, 0.1) is 25.0 Å². The summed E-state index contributed by atoms with van der Waals surface area (Å²) in [6, 6.07) is 10.4. The highest BCUT2D eigenvalue weighted by atomic mass is 16.5. The van der Waals surface area contributed by atoms with E-state index in [4.69, 9.17) is 23.7 Å². The molecule has 0 aliphatic carbocycles. The summed E-state index contributed by atoms with van der Waals surface area (Å²) in [4.78, 5) is 4.17. The molecule has 0 amide bonds. The largest absolute Gasteiger partial charge is 0.493 e. The van der Waals surface area contributed by atoms with Crippen LogP contribution in [0.2, 0.25) is 0 Å². The molecule has 0 radical (unpaired) electrons. The van der Waals surface area contributed by atoms with Gasteiger partial charge in [-0.15, -0.1) is 0 Å². The molecule has 0 aliphatic heterocycles. The molecule has 22 heavy (non-hydrogen) atoms. The first kappa shape index (κ1) is 13.7. The van der Waals surface area contributed by atoms with Crippen molar-refractivity contribution in [3.05, 3.63) is 48.0 Å². The van der Waals surface area contributed by atoms with Crippen LogP contribution in [0.5, 0.6) is 11.5 Å². The number of aromatic nitrogens is 2. The van der Waals surface area contributed by atoms with Gasteiger partial charge in [-0.25, -0.2) is 0 Å². The summed E-state index contributed by atoms with van der Waals surface area (Å²) < 4.78 is 21.0. The van der Waals surface area contributed by atoms with E-state index in [1.165, 1.54) is 13.4 Å². The second-order valence-corrected chi connectivity index (χ2v) is 4.26. The Morgan fingerprint density at radius 2 is 2.18 bits per heavy atom. The van der Waals surface area contributed by atoms with Gasteiger partial charge < -0.3 is 18.4 Å². The second-order valence-electron chi connectivity index (χ2n) is 4.26. The van der Waals surface area contributed by atoms with Gasteiger partial charge in [-0.05, 0) is 24.3 Å². The van der Waals surface area contributed by atoms with Gasteiger partial charge in [0, 0.05) is 6.07 Å². The average Bonchev–Trinajstić information content (AvgIpc) is 3.23. The zero-order valence-electron chi connectivity index (χ0n) is 11.6. The predicted molar refractivity (Wildman–Crippen MR) is 74.0 cm³/mol. The molecule has 0 bridgehead atoms. The highest BCUT2D eigenvalue weighted by Crippen LogP contribution is 2.28. The van der Waals surface area contributed by atoms with Crippen molar-refractivity contribution >= 4 is 0 Å². The van der Waals surface area contributed by atoms with Gasteiger partial charge in [0.2, 0.25) is 5.82 Å². The van der Waals surface area contributed by atoms with Crippen LogP contribution in [0.3, 0.4) is 0 Å². The van der Waals surface area contributed by atoms with Crippen LogP contribution >= 0.6 is 0 Å². The lowest BCUT2D eigenvalue weighted by atomic mass is 10.2. The maximum Gasteiger partial charge on any atom is 0.264 e.